The molecule has 3 N–H and O–H groups in total. The van der Waals surface area contributed by atoms with Gasteiger partial charge in [0, 0.05) is 25.2 Å². The number of hydrogen-bond donors (Lipinski definition) is 3. The molecule has 0 spiro atoms. The van der Waals surface area contributed by atoms with Crippen molar-refractivity contribution in [2.75, 3.05) is 18.4 Å². The molecule has 33 heavy (non-hydrogen) atoms. The highest BCUT2D eigenvalue weighted by Crippen LogP contribution is 2.32. The van der Waals surface area contributed by atoms with E-state index in [-0.39, 0.29) is 17.1 Å². The van der Waals surface area contributed by atoms with Gasteiger partial charge in [-0.05, 0) is 30.2 Å². The lowest BCUT2D eigenvalue weighted by atomic mass is 10.1. The molecule has 1 unspecified atom stereocenters. The van der Waals surface area contributed by atoms with Crippen LogP contribution in [0.2, 0.25) is 0 Å². The Hall–Kier alpha value is -3.31. The number of anilines is 1. The molecule has 11 heteroatoms. The van der Waals surface area contributed by atoms with Gasteiger partial charge in [-0.3, -0.25) is 4.57 Å². The summed E-state index contributed by atoms with van der Waals surface area (Å²) in [7, 11) is 0. The van der Waals surface area contributed by atoms with Crippen LogP contribution in [0, 0.1) is 11.6 Å². The molecule has 4 rings (SSSR count). The van der Waals surface area contributed by atoms with Gasteiger partial charge in [0.25, 0.3) is 0 Å². The lowest BCUT2D eigenvalue weighted by Gasteiger charge is -2.17. The average molecular weight is 465 g/mol. The molecule has 174 valence electrons. The number of imidazole rings is 1. The van der Waals surface area contributed by atoms with Crippen LogP contribution in [0.3, 0.4) is 0 Å². The molecule has 0 fully saturated rings. The van der Waals surface area contributed by atoms with E-state index in [4.69, 9.17) is 0 Å². The van der Waals surface area contributed by atoms with Crippen LogP contribution in [-0.2, 0) is 12.6 Å². The minimum Gasteiger partial charge on any atom is -0.373 e. The summed E-state index contributed by atoms with van der Waals surface area (Å²) in [4.78, 5) is 8.33. The van der Waals surface area contributed by atoms with Crippen LogP contribution >= 0.6 is 0 Å². The number of alkyl halides is 3. The summed E-state index contributed by atoms with van der Waals surface area (Å²) in [5.41, 5.74) is 0.0412. The van der Waals surface area contributed by atoms with Crippen LogP contribution in [0.15, 0.2) is 49.1 Å². The van der Waals surface area contributed by atoms with Gasteiger partial charge < -0.3 is 15.7 Å². The van der Waals surface area contributed by atoms with Gasteiger partial charge in [-0.15, -0.1) is 0 Å². The van der Waals surface area contributed by atoms with E-state index >= 15 is 0 Å². The zero-order valence-electron chi connectivity index (χ0n) is 17.2. The number of aromatic nitrogens is 3. The summed E-state index contributed by atoms with van der Waals surface area (Å²) in [5.74, 6) is -2.18. The summed E-state index contributed by atoms with van der Waals surface area (Å²) in [5, 5.41) is 15.9. The van der Waals surface area contributed by atoms with Crippen molar-refractivity contribution in [1.29, 1.82) is 0 Å². The van der Waals surface area contributed by atoms with Gasteiger partial charge in [0.05, 0.1) is 23.1 Å². The Labute approximate surface area is 185 Å². The molecule has 1 aromatic carbocycles. The molecule has 1 aliphatic heterocycles. The van der Waals surface area contributed by atoms with E-state index in [9.17, 15) is 27.1 Å². The number of nitrogens with one attached hydrogen (secondary N) is 2. The van der Waals surface area contributed by atoms with Gasteiger partial charge in [-0.25, -0.2) is 18.7 Å². The molecular weight excluding hydrogens is 445 g/mol. The number of aliphatic hydroxyl groups excluding tert-OH is 1. The number of hydrogen-bond acceptors (Lipinski definition) is 5. The van der Waals surface area contributed by atoms with Crippen molar-refractivity contribution in [3.8, 4) is 5.82 Å². The van der Waals surface area contributed by atoms with Crippen molar-refractivity contribution in [2.24, 2.45) is 0 Å². The smallest absolute Gasteiger partial charge is 0.373 e. The van der Waals surface area contributed by atoms with Crippen LogP contribution in [-0.4, -0.2) is 39.0 Å². The van der Waals surface area contributed by atoms with E-state index in [0.29, 0.717) is 18.3 Å². The summed E-state index contributed by atoms with van der Waals surface area (Å²) in [6.45, 7) is 1.56. The van der Waals surface area contributed by atoms with Crippen LogP contribution in [0.4, 0.5) is 27.6 Å². The molecule has 0 bridgehead atoms. The quantitative estimate of drug-likeness (QED) is 0.380. The normalized spacial score (nSPS) is 15.3. The molecular formula is C22H20F5N5O. The molecule has 3 heterocycles. The first-order valence-corrected chi connectivity index (χ1v) is 10.1. The van der Waals surface area contributed by atoms with Crippen LogP contribution in [0.5, 0.6) is 0 Å². The van der Waals surface area contributed by atoms with Crippen molar-refractivity contribution in [3.05, 3.63) is 77.5 Å². The fraction of sp³-hybridized carbons (Fsp3) is 0.273. The summed E-state index contributed by atoms with van der Waals surface area (Å²) in [6.07, 6.45) is 0.505. The van der Waals surface area contributed by atoms with E-state index in [1.165, 1.54) is 17.1 Å². The number of rotatable bonds is 6. The minimum atomic E-state index is -4.85. The monoisotopic (exact) mass is 465 g/mol. The first-order chi connectivity index (χ1) is 15.7. The zero-order chi connectivity index (χ0) is 23.6. The fourth-order valence-corrected chi connectivity index (χ4v) is 3.55. The number of benzene rings is 1. The topological polar surface area (TPSA) is 75.0 Å². The summed E-state index contributed by atoms with van der Waals surface area (Å²) >= 11 is 0. The highest BCUT2D eigenvalue weighted by atomic mass is 19.4. The van der Waals surface area contributed by atoms with Gasteiger partial charge in [0.1, 0.15) is 18.4 Å². The minimum absolute atomic E-state index is 0.0120. The van der Waals surface area contributed by atoms with Crippen molar-refractivity contribution in [1.82, 2.24) is 19.9 Å². The average Bonchev–Trinajstić information content (AvgIpc) is 3.25. The summed E-state index contributed by atoms with van der Waals surface area (Å²) < 4.78 is 68.8. The number of aliphatic hydroxyl groups is 1. The SMILES string of the molecule is OC(Cc1cccc(C(F)(F)F)c1F)Nc1cnc(-n2cnc(C3=CCCNC3)c2)c(F)c1. The zero-order valence-corrected chi connectivity index (χ0v) is 17.2. The molecule has 3 aromatic rings. The number of pyridine rings is 1. The molecule has 0 radical (unpaired) electrons. The Morgan fingerprint density at radius 2 is 2.03 bits per heavy atom. The van der Waals surface area contributed by atoms with Crippen molar-refractivity contribution < 1.29 is 27.1 Å². The Kier molecular flexibility index (Phi) is 6.43. The molecule has 6 nitrogen and oxygen atoms in total. The third-order valence-electron chi connectivity index (χ3n) is 5.14. The highest BCUT2D eigenvalue weighted by molar-refractivity contribution is 5.64. The van der Waals surface area contributed by atoms with E-state index in [2.05, 4.69) is 26.7 Å². The Bertz CT molecular complexity index is 1170. The molecule has 1 atom stereocenters. The standard InChI is InChI=1S/C22H20F5N5O/c23-17-8-15(31-19(33)7-13-3-1-5-16(20(13)24)22(25,26)27)10-29-21(17)32-11-18(30-12-32)14-4-2-6-28-9-14/h1,3-5,8,10-12,19,28,31,33H,2,6-7,9H2. The van der Waals surface area contributed by atoms with Gasteiger partial charge in [0.2, 0.25) is 0 Å². The molecule has 2 aromatic heterocycles. The van der Waals surface area contributed by atoms with E-state index in [1.54, 1.807) is 6.20 Å². The maximum absolute atomic E-state index is 14.7. The van der Waals surface area contributed by atoms with Gasteiger partial charge in [0.15, 0.2) is 11.6 Å². The molecule has 0 saturated carbocycles. The predicted molar refractivity (Wildman–Crippen MR) is 112 cm³/mol. The third kappa shape index (κ3) is 5.20. The van der Waals surface area contributed by atoms with Crippen molar-refractivity contribution >= 4 is 11.3 Å². The van der Waals surface area contributed by atoms with E-state index < -0.39 is 36.0 Å². The molecule has 0 aliphatic carbocycles. The first-order valence-electron chi connectivity index (χ1n) is 10.1. The molecule has 1 aliphatic rings. The van der Waals surface area contributed by atoms with Crippen LogP contribution < -0.4 is 10.6 Å². The number of halogens is 5. The van der Waals surface area contributed by atoms with Gasteiger partial charge in [-0.1, -0.05) is 18.2 Å². The predicted octanol–water partition coefficient (Wildman–Crippen LogP) is 3.91. The van der Waals surface area contributed by atoms with Crippen molar-refractivity contribution in [2.45, 2.75) is 25.2 Å². The Balaban J connectivity index is 1.46. The summed E-state index contributed by atoms with van der Waals surface area (Å²) in [6, 6.07) is 3.91. The molecule has 0 amide bonds. The van der Waals surface area contributed by atoms with E-state index in [1.807, 2.05) is 0 Å². The second-order valence-corrected chi connectivity index (χ2v) is 7.53. The highest BCUT2D eigenvalue weighted by Gasteiger charge is 2.34. The van der Waals surface area contributed by atoms with E-state index in [0.717, 1.165) is 36.7 Å². The van der Waals surface area contributed by atoms with Crippen molar-refractivity contribution in [3.63, 3.8) is 0 Å². The Morgan fingerprint density at radius 1 is 1.21 bits per heavy atom. The number of nitrogens with zero attached hydrogens (tertiary/aromatic N) is 3. The largest absolute Gasteiger partial charge is 0.419 e. The second-order valence-electron chi connectivity index (χ2n) is 7.53. The maximum Gasteiger partial charge on any atom is 0.419 e. The van der Waals surface area contributed by atoms with Crippen LogP contribution in [0.1, 0.15) is 23.2 Å². The maximum atomic E-state index is 14.7. The lowest BCUT2D eigenvalue weighted by Crippen LogP contribution is -2.23. The molecule has 0 saturated heterocycles. The fourth-order valence-electron chi connectivity index (χ4n) is 3.55. The van der Waals surface area contributed by atoms with Crippen LogP contribution in [0.25, 0.3) is 11.4 Å². The lowest BCUT2D eigenvalue weighted by molar-refractivity contribution is -0.140. The Morgan fingerprint density at radius 3 is 2.73 bits per heavy atom. The third-order valence-corrected chi connectivity index (χ3v) is 5.14. The van der Waals surface area contributed by atoms with Gasteiger partial charge >= 0.3 is 6.18 Å². The second kappa shape index (κ2) is 9.28. The first kappa shape index (κ1) is 22.9. The van der Waals surface area contributed by atoms with Gasteiger partial charge in [-0.2, -0.15) is 13.2 Å².